The van der Waals surface area contributed by atoms with Gasteiger partial charge in [0.1, 0.15) is 5.75 Å². The molecule has 4 nitrogen and oxygen atoms in total. The number of aryl methyl sites for hydroxylation is 2. The smallest absolute Gasteiger partial charge is 0.338 e. The van der Waals surface area contributed by atoms with Crippen LogP contribution in [0.4, 0.5) is 0 Å². The Hall–Kier alpha value is -2.62. The summed E-state index contributed by atoms with van der Waals surface area (Å²) in [5, 5.41) is 9.38. The summed E-state index contributed by atoms with van der Waals surface area (Å²) in [5.74, 6) is -0.903. The molecular formula is C18H18O4. The lowest BCUT2D eigenvalue weighted by Crippen LogP contribution is -2.25. The summed E-state index contributed by atoms with van der Waals surface area (Å²) in [6.07, 6.45) is -0.893. The van der Waals surface area contributed by atoms with E-state index >= 15 is 0 Å². The van der Waals surface area contributed by atoms with Crippen LogP contribution >= 0.6 is 0 Å². The van der Waals surface area contributed by atoms with Crippen molar-refractivity contribution in [3.05, 3.63) is 64.7 Å². The van der Waals surface area contributed by atoms with E-state index in [0.29, 0.717) is 5.56 Å². The first-order chi connectivity index (χ1) is 10.4. The molecule has 0 fully saturated rings. The second-order valence-electron chi connectivity index (χ2n) is 5.28. The highest BCUT2D eigenvalue weighted by Gasteiger charge is 2.22. The molecule has 0 aliphatic heterocycles. The van der Waals surface area contributed by atoms with Crippen LogP contribution in [0.2, 0.25) is 0 Å². The Morgan fingerprint density at radius 2 is 1.82 bits per heavy atom. The lowest BCUT2D eigenvalue weighted by molar-refractivity contribution is 0.0318. The molecule has 1 atom stereocenters. The molecule has 0 unspecified atom stereocenters. The van der Waals surface area contributed by atoms with Crippen molar-refractivity contribution in [3.63, 3.8) is 0 Å². The number of carbonyl (C=O) groups excluding carboxylic acids is 2. The Bertz CT molecular complexity index is 719. The zero-order chi connectivity index (χ0) is 16.3. The number of hydrogen-bond acceptors (Lipinski definition) is 4. The zero-order valence-electron chi connectivity index (χ0n) is 12.8. The van der Waals surface area contributed by atoms with Crippen LogP contribution in [0, 0.1) is 13.8 Å². The van der Waals surface area contributed by atoms with Gasteiger partial charge in [-0.3, -0.25) is 4.79 Å². The third kappa shape index (κ3) is 3.52. The molecule has 0 saturated carbocycles. The fourth-order valence-electron chi connectivity index (χ4n) is 2.14. The number of phenols is 1. The van der Waals surface area contributed by atoms with Crippen molar-refractivity contribution in [2.24, 2.45) is 0 Å². The zero-order valence-corrected chi connectivity index (χ0v) is 12.8. The molecule has 4 heteroatoms. The summed E-state index contributed by atoms with van der Waals surface area (Å²) in [5.41, 5.74) is 2.58. The van der Waals surface area contributed by atoms with E-state index in [1.165, 1.54) is 18.2 Å². The number of esters is 1. The molecule has 0 bridgehead atoms. The van der Waals surface area contributed by atoms with E-state index < -0.39 is 12.1 Å². The average molecular weight is 298 g/mol. The fourth-order valence-corrected chi connectivity index (χ4v) is 2.14. The maximum Gasteiger partial charge on any atom is 0.338 e. The summed E-state index contributed by atoms with van der Waals surface area (Å²) in [6.45, 7) is 5.29. The molecule has 0 aliphatic carbocycles. The Morgan fingerprint density at radius 1 is 1.09 bits per heavy atom. The molecule has 2 aromatic rings. The van der Waals surface area contributed by atoms with E-state index in [1.807, 2.05) is 26.0 Å². The van der Waals surface area contributed by atoms with Crippen molar-refractivity contribution in [1.29, 1.82) is 0 Å². The standard InChI is InChI=1S/C18H18O4/c1-11-7-8-12(2)16(9-11)17(20)13(3)22-18(21)14-5-4-6-15(19)10-14/h4-10,13,19H,1-3H3/t13-/m1/s1. The monoisotopic (exact) mass is 298 g/mol. The number of rotatable bonds is 4. The Kier molecular flexibility index (Phi) is 4.61. The Morgan fingerprint density at radius 3 is 2.50 bits per heavy atom. The van der Waals surface area contributed by atoms with Gasteiger partial charge >= 0.3 is 5.97 Å². The van der Waals surface area contributed by atoms with E-state index in [9.17, 15) is 14.7 Å². The van der Waals surface area contributed by atoms with Gasteiger partial charge in [0.25, 0.3) is 0 Å². The van der Waals surface area contributed by atoms with Crippen LogP contribution < -0.4 is 0 Å². The first kappa shape index (κ1) is 15.8. The van der Waals surface area contributed by atoms with Gasteiger partial charge in [-0.2, -0.15) is 0 Å². The molecule has 1 N–H and O–H groups in total. The molecule has 0 radical (unpaired) electrons. The number of ether oxygens (including phenoxy) is 1. The van der Waals surface area contributed by atoms with Gasteiger partial charge in [0, 0.05) is 5.56 Å². The topological polar surface area (TPSA) is 63.6 Å². The molecule has 2 aromatic carbocycles. The second-order valence-corrected chi connectivity index (χ2v) is 5.28. The number of carbonyl (C=O) groups is 2. The minimum atomic E-state index is -0.893. The first-order valence-corrected chi connectivity index (χ1v) is 7.00. The van der Waals surface area contributed by atoms with Crippen molar-refractivity contribution in [2.75, 3.05) is 0 Å². The summed E-state index contributed by atoms with van der Waals surface area (Å²) in [4.78, 5) is 24.4. The van der Waals surface area contributed by atoms with Gasteiger partial charge in [-0.15, -0.1) is 0 Å². The summed E-state index contributed by atoms with van der Waals surface area (Å²) in [6, 6.07) is 11.4. The molecule has 0 heterocycles. The SMILES string of the molecule is Cc1ccc(C)c(C(=O)[C@@H](C)OC(=O)c2cccc(O)c2)c1. The molecule has 0 amide bonds. The van der Waals surface area contributed by atoms with E-state index in [4.69, 9.17) is 4.74 Å². The maximum atomic E-state index is 12.4. The highest BCUT2D eigenvalue weighted by Crippen LogP contribution is 2.16. The van der Waals surface area contributed by atoms with Crippen LogP contribution in [0.1, 0.15) is 38.8 Å². The van der Waals surface area contributed by atoms with E-state index in [2.05, 4.69) is 0 Å². The molecule has 22 heavy (non-hydrogen) atoms. The maximum absolute atomic E-state index is 12.4. The molecular weight excluding hydrogens is 280 g/mol. The van der Waals surface area contributed by atoms with Gasteiger partial charge in [0.2, 0.25) is 5.78 Å². The van der Waals surface area contributed by atoms with Crippen LogP contribution in [0.3, 0.4) is 0 Å². The van der Waals surface area contributed by atoms with E-state index in [0.717, 1.165) is 11.1 Å². The predicted molar refractivity (Wildman–Crippen MR) is 83.2 cm³/mol. The highest BCUT2D eigenvalue weighted by molar-refractivity contribution is 6.02. The van der Waals surface area contributed by atoms with Gasteiger partial charge in [-0.25, -0.2) is 4.79 Å². The Labute approximate surface area is 129 Å². The second kappa shape index (κ2) is 6.43. The normalized spacial score (nSPS) is 11.8. The number of aromatic hydroxyl groups is 1. The van der Waals surface area contributed by atoms with Crippen LogP contribution in [-0.2, 0) is 4.74 Å². The van der Waals surface area contributed by atoms with Crippen LogP contribution in [0.25, 0.3) is 0 Å². The van der Waals surface area contributed by atoms with Gasteiger partial charge in [0.05, 0.1) is 5.56 Å². The van der Waals surface area contributed by atoms with Gasteiger partial charge in [-0.1, -0.05) is 23.8 Å². The quantitative estimate of drug-likeness (QED) is 0.693. The number of Topliss-reactive ketones (excluding diaryl/α,β-unsaturated/α-hetero) is 1. The molecule has 0 aromatic heterocycles. The van der Waals surface area contributed by atoms with Crippen LogP contribution in [0.5, 0.6) is 5.75 Å². The molecule has 0 aliphatic rings. The third-order valence-corrected chi connectivity index (χ3v) is 3.39. The Balaban J connectivity index is 2.14. The number of benzene rings is 2. The summed E-state index contributed by atoms with van der Waals surface area (Å²) < 4.78 is 5.20. The van der Waals surface area contributed by atoms with Gasteiger partial charge in [-0.05, 0) is 50.6 Å². The third-order valence-electron chi connectivity index (χ3n) is 3.39. The molecule has 0 spiro atoms. The van der Waals surface area contributed by atoms with Crippen molar-refractivity contribution < 1.29 is 19.4 Å². The fraction of sp³-hybridized carbons (Fsp3) is 0.222. The largest absolute Gasteiger partial charge is 0.508 e. The van der Waals surface area contributed by atoms with Crippen molar-refractivity contribution in [3.8, 4) is 5.75 Å². The van der Waals surface area contributed by atoms with Crippen molar-refractivity contribution in [2.45, 2.75) is 26.9 Å². The first-order valence-electron chi connectivity index (χ1n) is 7.00. The van der Waals surface area contributed by atoms with E-state index in [-0.39, 0.29) is 17.1 Å². The van der Waals surface area contributed by atoms with Gasteiger partial charge in [0.15, 0.2) is 6.10 Å². The van der Waals surface area contributed by atoms with Crippen LogP contribution in [-0.4, -0.2) is 23.0 Å². The summed E-state index contributed by atoms with van der Waals surface area (Å²) >= 11 is 0. The van der Waals surface area contributed by atoms with Crippen molar-refractivity contribution >= 4 is 11.8 Å². The lowest BCUT2D eigenvalue weighted by Gasteiger charge is -2.14. The van der Waals surface area contributed by atoms with Crippen LogP contribution in [0.15, 0.2) is 42.5 Å². The van der Waals surface area contributed by atoms with Crippen molar-refractivity contribution in [1.82, 2.24) is 0 Å². The minimum absolute atomic E-state index is 0.0250. The highest BCUT2D eigenvalue weighted by atomic mass is 16.5. The molecule has 114 valence electrons. The number of ketones is 1. The average Bonchev–Trinajstić information content (AvgIpc) is 2.48. The predicted octanol–water partition coefficient (Wildman–Crippen LogP) is 3.44. The van der Waals surface area contributed by atoms with Gasteiger partial charge < -0.3 is 9.84 Å². The van der Waals surface area contributed by atoms with E-state index in [1.54, 1.807) is 19.1 Å². The molecule has 2 rings (SSSR count). The number of phenolic OH excluding ortho intramolecular Hbond substituents is 1. The summed E-state index contributed by atoms with van der Waals surface area (Å²) in [7, 11) is 0. The minimum Gasteiger partial charge on any atom is -0.508 e. The number of hydrogen-bond donors (Lipinski definition) is 1. The lowest BCUT2D eigenvalue weighted by atomic mass is 9.99. The molecule has 0 saturated heterocycles.